The Labute approximate surface area is 114 Å². The molecule has 0 aromatic carbocycles. The molecule has 0 bridgehead atoms. The van der Waals surface area contributed by atoms with Crippen molar-refractivity contribution in [3.05, 3.63) is 24.0 Å². The summed E-state index contributed by atoms with van der Waals surface area (Å²) in [6.45, 7) is 6.12. The standard InChI is InChI=1S/C13H24N4S/c1-13(2,18-5)10-16-12(14-3)15-8-11-6-7-17(4)9-11/h6-7,9H,8,10H2,1-5H3,(H2,14,15,16). The van der Waals surface area contributed by atoms with E-state index in [0.29, 0.717) is 0 Å². The van der Waals surface area contributed by atoms with E-state index in [0.717, 1.165) is 19.0 Å². The number of nitrogens with zero attached hydrogens (tertiary/aromatic N) is 2. The molecule has 4 nitrogen and oxygen atoms in total. The number of hydrogen-bond donors (Lipinski definition) is 2. The van der Waals surface area contributed by atoms with E-state index in [-0.39, 0.29) is 4.75 Å². The molecule has 1 rings (SSSR count). The van der Waals surface area contributed by atoms with E-state index in [1.807, 2.05) is 29.6 Å². The third kappa shape index (κ3) is 5.04. The average molecular weight is 268 g/mol. The van der Waals surface area contributed by atoms with Gasteiger partial charge in [0, 0.05) is 44.3 Å². The number of guanidine groups is 1. The third-order valence-electron chi connectivity index (χ3n) is 2.81. The molecule has 0 spiro atoms. The second-order valence-electron chi connectivity index (χ2n) is 4.93. The van der Waals surface area contributed by atoms with Crippen molar-refractivity contribution in [2.24, 2.45) is 12.0 Å². The third-order valence-corrected chi connectivity index (χ3v) is 4.06. The number of hydrogen-bond acceptors (Lipinski definition) is 2. The molecule has 0 atom stereocenters. The molecule has 1 aromatic heterocycles. The number of thioether (sulfide) groups is 1. The highest BCUT2D eigenvalue weighted by Gasteiger charge is 2.15. The minimum Gasteiger partial charge on any atom is -0.357 e. The SMILES string of the molecule is CN=C(NCc1ccn(C)c1)NCC(C)(C)SC. The molecule has 0 unspecified atom stereocenters. The Bertz CT molecular complexity index is 395. The van der Waals surface area contributed by atoms with Crippen molar-refractivity contribution in [2.75, 3.05) is 19.8 Å². The molecule has 1 heterocycles. The van der Waals surface area contributed by atoms with E-state index in [9.17, 15) is 0 Å². The Morgan fingerprint density at radius 3 is 2.67 bits per heavy atom. The highest BCUT2D eigenvalue weighted by molar-refractivity contribution is 7.99. The summed E-state index contributed by atoms with van der Waals surface area (Å²) in [6, 6.07) is 2.10. The molecule has 18 heavy (non-hydrogen) atoms. The number of aryl methyl sites for hydroxylation is 1. The highest BCUT2D eigenvalue weighted by atomic mass is 32.2. The van der Waals surface area contributed by atoms with E-state index < -0.39 is 0 Å². The second-order valence-corrected chi connectivity index (χ2v) is 6.44. The predicted molar refractivity (Wildman–Crippen MR) is 81.2 cm³/mol. The maximum Gasteiger partial charge on any atom is 0.191 e. The Morgan fingerprint density at radius 2 is 2.17 bits per heavy atom. The topological polar surface area (TPSA) is 41.4 Å². The van der Waals surface area contributed by atoms with Crippen LogP contribution in [0.4, 0.5) is 0 Å². The minimum absolute atomic E-state index is 0.213. The summed E-state index contributed by atoms with van der Waals surface area (Å²) in [5.74, 6) is 0.848. The van der Waals surface area contributed by atoms with Crippen LogP contribution in [0.3, 0.4) is 0 Å². The summed E-state index contributed by atoms with van der Waals surface area (Å²) in [7, 11) is 3.82. The van der Waals surface area contributed by atoms with E-state index >= 15 is 0 Å². The monoisotopic (exact) mass is 268 g/mol. The van der Waals surface area contributed by atoms with Gasteiger partial charge in [0.05, 0.1) is 0 Å². The van der Waals surface area contributed by atoms with E-state index in [2.05, 4.69) is 48.0 Å². The van der Waals surface area contributed by atoms with Gasteiger partial charge in [0.15, 0.2) is 5.96 Å². The van der Waals surface area contributed by atoms with Crippen LogP contribution in [0.2, 0.25) is 0 Å². The van der Waals surface area contributed by atoms with Crippen LogP contribution in [0, 0.1) is 0 Å². The molecule has 0 saturated heterocycles. The van der Waals surface area contributed by atoms with E-state index in [1.54, 1.807) is 7.05 Å². The smallest absolute Gasteiger partial charge is 0.191 e. The molecule has 0 amide bonds. The first kappa shape index (κ1) is 15.0. The predicted octanol–water partition coefficient (Wildman–Crippen LogP) is 1.83. The normalized spacial score (nSPS) is 12.6. The van der Waals surface area contributed by atoms with Gasteiger partial charge in [0.1, 0.15) is 0 Å². The molecular weight excluding hydrogens is 244 g/mol. The van der Waals surface area contributed by atoms with Crippen molar-refractivity contribution >= 4 is 17.7 Å². The molecule has 0 saturated carbocycles. The molecule has 0 radical (unpaired) electrons. The van der Waals surface area contributed by atoms with Gasteiger partial charge in [-0.15, -0.1) is 0 Å². The molecule has 0 aliphatic heterocycles. The van der Waals surface area contributed by atoms with Crippen LogP contribution in [0.5, 0.6) is 0 Å². The first-order valence-electron chi connectivity index (χ1n) is 6.07. The molecule has 1 aromatic rings. The maximum absolute atomic E-state index is 4.23. The quantitative estimate of drug-likeness (QED) is 0.632. The van der Waals surface area contributed by atoms with Gasteiger partial charge in [-0.25, -0.2) is 0 Å². The first-order valence-corrected chi connectivity index (χ1v) is 7.30. The van der Waals surface area contributed by atoms with Crippen molar-refractivity contribution < 1.29 is 0 Å². The van der Waals surface area contributed by atoms with Crippen molar-refractivity contribution in [3.8, 4) is 0 Å². The van der Waals surface area contributed by atoms with Crippen LogP contribution >= 0.6 is 11.8 Å². The summed E-state index contributed by atoms with van der Waals surface area (Å²) >= 11 is 1.85. The van der Waals surface area contributed by atoms with Crippen LogP contribution < -0.4 is 10.6 Å². The van der Waals surface area contributed by atoms with Crippen molar-refractivity contribution in [2.45, 2.75) is 25.1 Å². The first-order chi connectivity index (χ1) is 8.46. The fourth-order valence-corrected chi connectivity index (χ4v) is 1.66. The summed E-state index contributed by atoms with van der Waals surface area (Å²) in [4.78, 5) is 4.23. The Kier molecular flexibility index (Phi) is 5.59. The average Bonchev–Trinajstić information content (AvgIpc) is 2.75. The zero-order valence-corrected chi connectivity index (χ0v) is 12.8. The summed E-state index contributed by atoms with van der Waals surface area (Å²) < 4.78 is 2.26. The Hall–Kier alpha value is -1.10. The molecule has 2 N–H and O–H groups in total. The van der Waals surface area contributed by atoms with Crippen LogP contribution in [0.15, 0.2) is 23.5 Å². The van der Waals surface area contributed by atoms with Gasteiger partial charge < -0.3 is 15.2 Å². The summed E-state index contributed by atoms with van der Waals surface area (Å²) in [5.41, 5.74) is 1.25. The Balaban J connectivity index is 2.39. The summed E-state index contributed by atoms with van der Waals surface area (Å²) in [5, 5.41) is 6.66. The molecule has 0 aliphatic rings. The lowest BCUT2D eigenvalue weighted by Gasteiger charge is -2.23. The largest absolute Gasteiger partial charge is 0.357 e. The van der Waals surface area contributed by atoms with Crippen LogP contribution in [0.25, 0.3) is 0 Å². The fraction of sp³-hybridized carbons (Fsp3) is 0.615. The number of rotatable bonds is 5. The summed E-state index contributed by atoms with van der Waals surface area (Å²) in [6.07, 6.45) is 6.28. The van der Waals surface area contributed by atoms with Gasteiger partial charge in [0.2, 0.25) is 0 Å². The zero-order chi connectivity index (χ0) is 13.6. The molecular formula is C13H24N4S. The van der Waals surface area contributed by atoms with Crippen LogP contribution in [-0.4, -0.2) is 35.1 Å². The highest BCUT2D eigenvalue weighted by Crippen LogP contribution is 2.19. The Morgan fingerprint density at radius 1 is 1.44 bits per heavy atom. The number of aromatic nitrogens is 1. The van der Waals surface area contributed by atoms with Crippen molar-refractivity contribution in [1.82, 2.24) is 15.2 Å². The van der Waals surface area contributed by atoms with Gasteiger partial charge in [-0.05, 0) is 31.7 Å². The lowest BCUT2D eigenvalue weighted by Crippen LogP contribution is -2.42. The van der Waals surface area contributed by atoms with Crippen LogP contribution in [0.1, 0.15) is 19.4 Å². The van der Waals surface area contributed by atoms with Crippen molar-refractivity contribution in [1.29, 1.82) is 0 Å². The molecule has 0 aliphatic carbocycles. The minimum atomic E-state index is 0.213. The second kappa shape index (κ2) is 6.73. The fourth-order valence-electron chi connectivity index (χ4n) is 1.44. The van der Waals surface area contributed by atoms with Gasteiger partial charge in [-0.1, -0.05) is 0 Å². The van der Waals surface area contributed by atoms with Gasteiger partial charge in [-0.2, -0.15) is 11.8 Å². The molecule has 5 heteroatoms. The number of nitrogens with one attached hydrogen (secondary N) is 2. The zero-order valence-electron chi connectivity index (χ0n) is 11.9. The van der Waals surface area contributed by atoms with E-state index in [1.165, 1.54) is 5.56 Å². The van der Waals surface area contributed by atoms with Gasteiger partial charge >= 0.3 is 0 Å². The molecule has 0 fully saturated rings. The van der Waals surface area contributed by atoms with Gasteiger partial charge in [-0.3, -0.25) is 4.99 Å². The van der Waals surface area contributed by atoms with Crippen molar-refractivity contribution in [3.63, 3.8) is 0 Å². The van der Waals surface area contributed by atoms with Crippen LogP contribution in [-0.2, 0) is 13.6 Å². The van der Waals surface area contributed by atoms with Gasteiger partial charge in [0.25, 0.3) is 0 Å². The van der Waals surface area contributed by atoms with E-state index in [4.69, 9.17) is 0 Å². The lowest BCUT2D eigenvalue weighted by atomic mass is 10.2. The molecule has 102 valence electrons. The number of aliphatic imine (C=N–C) groups is 1. The lowest BCUT2D eigenvalue weighted by molar-refractivity contribution is 0.664. The maximum atomic E-state index is 4.23.